The maximum atomic E-state index is 13.6. The maximum absolute atomic E-state index is 13.6. The number of rotatable bonds is 5. The zero-order chi connectivity index (χ0) is 15.4. The van der Waals surface area contributed by atoms with Gasteiger partial charge in [-0.05, 0) is 60.8 Å². The van der Waals surface area contributed by atoms with E-state index >= 15 is 0 Å². The van der Waals surface area contributed by atoms with Crippen molar-refractivity contribution in [3.05, 3.63) is 68.4 Å². The first kappa shape index (κ1) is 16.5. The average Bonchev–Trinajstić information content (AvgIpc) is 2.44. The van der Waals surface area contributed by atoms with Crippen LogP contribution in [-0.2, 0) is 0 Å². The fourth-order valence-electron chi connectivity index (χ4n) is 2.28. The number of nitrogens with one attached hydrogen (secondary N) is 1. The van der Waals surface area contributed by atoms with E-state index in [-0.39, 0.29) is 11.9 Å². The van der Waals surface area contributed by atoms with E-state index in [1.165, 1.54) is 6.07 Å². The molecule has 2 rings (SSSR count). The lowest BCUT2D eigenvalue weighted by molar-refractivity contribution is 0.590. The Morgan fingerprint density at radius 3 is 2.71 bits per heavy atom. The molecule has 0 amide bonds. The summed E-state index contributed by atoms with van der Waals surface area (Å²) in [5.74, 6) is -0.271. The Kier molecular flexibility index (Phi) is 5.80. The topological polar surface area (TPSA) is 12.0 Å². The summed E-state index contributed by atoms with van der Waals surface area (Å²) < 4.78 is 14.6. The highest BCUT2D eigenvalue weighted by Crippen LogP contribution is 2.31. The van der Waals surface area contributed by atoms with Gasteiger partial charge in [0, 0.05) is 9.50 Å². The highest BCUT2D eigenvalue weighted by molar-refractivity contribution is 9.10. The van der Waals surface area contributed by atoms with Gasteiger partial charge in [0.25, 0.3) is 0 Å². The fourth-order valence-corrected chi connectivity index (χ4v) is 2.96. The Balaban J connectivity index is 2.47. The highest BCUT2D eigenvalue weighted by atomic mass is 79.9. The van der Waals surface area contributed by atoms with E-state index in [2.05, 4.69) is 34.2 Å². The lowest BCUT2D eigenvalue weighted by atomic mass is 9.97. The summed E-state index contributed by atoms with van der Waals surface area (Å²) in [6.45, 7) is 4.74. The molecule has 0 fully saturated rings. The first-order valence-electron chi connectivity index (χ1n) is 6.97. The van der Waals surface area contributed by atoms with Gasteiger partial charge >= 0.3 is 0 Å². The molecule has 0 saturated heterocycles. The zero-order valence-electron chi connectivity index (χ0n) is 12.1. The lowest BCUT2D eigenvalue weighted by Gasteiger charge is -2.21. The molecule has 2 aromatic carbocycles. The summed E-state index contributed by atoms with van der Waals surface area (Å²) >= 11 is 9.77. The first-order chi connectivity index (χ1) is 10.0. The van der Waals surface area contributed by atoms with Crippen molar-refractivity contribution in [3.63, 3.8) is 0 Å². The van der Waals surface area contributed by atoms with Gasteiger partial charge < -0.3 is 5.32 Å². The summed E-state index contributed by atoms with van der Waals surface area (Å²) in [5, 5.41) is 3.94. The molecule has 21 heavy (non-hydrogen) atoms. The molecule has 1 atom stereocenters. The summed E-state index contributed by atoms with van der Waals surface area (Å²) in [6, 6.07) is 11.3. The number of aryl methyl sites for hydroxylation is 1. The van der Waals surface area contributed by atoms with E-state index in [1.54, 1.807) is 6.92 Å². The predicted molar refractivity (Wildman–Crippen MR) is 90.4 cm³/mol. The van der Waals surface area contributed by atoms with Crippen molar-refractivity contribution < 1.29 is 4.39 Å². The van der Waals surface area contributed by atoms with Crippen LogP contribution in [0.3, 0.4) is 0 Å². The monoisotopic (exact) mass is 369 g/mol. The smallest absolute Gasteiger partial charge is 0.127 e. The maximum Gasteiger partial charge on any atom is 0.127 e. The van der Waals surface area contributed by atoms with Crippen molar-refractivity contribution in [1.82, 2.24) is 5.32 Å². The van der Waals surface area contributed by atoms with Crippen molar-refractivity contribution >= 4 is 27.5 Å². The average molecular weight is 371 g/mol. The van der Waals surface area contributed by atoms with Gasteiger partial charge in [0.2, 0.25) is 0 Å². The molecular weight excluding hydrogens is 353 g/mol. The van der Waals surface area contributed by atoms with Crippen LogP contribution in [0.1, 0.15) is 36.1 Å². The minimum Gasteiger partial charge on any atom is -0.306 e. The van der Waals surface area contributed by atoms with Crippen LogP contribution in [0.4, 0.5) is 4.39 Å². The molecule has 0 radical (unpaired) electrons. The van der Waals surface area contributed by atoms with Crippen LogP contribution < -0.4 is 5.32 Å². The van der Waals surface area contributed by atoms with Crippen molar-refractivity contribution in [1.29, 1.82) is 0 Å². The number of benzene rings is 2. The quantitative estimate of drug-likeness (QED) is 0.718. The standard InChI is InChI=1S/C17H18BrClFN/c1-3-7-21-17(12-5-4-6-13(18)9-12)14-8-11(2)16(20)10-15(14)19/h4-6,8-10,17,21H,3,7H2,1-2H3. The molecule has 0 spiro atoms. The summed E-state index contributed by atoms with van der Waals surface area (Å²) in [7, 11) is 0. The number of hydrogen-bond donors (Lipinski definition) is 1. The molecule has 0 heterocycles. The number of halogens is 3. The van der Waals surface area contributed by atoms with Crippen LogP contribution in [0.5, 0.6) is 0 Å². The van der Waals surface area contributed by atoms with Gasteiger partial charge in [-0.3, -0.25) is 0 Å². The third kappa shape index (κ3) is 4.06. The molecule has 0 aromatic heterocycles. The van der Waals surface area contributed by atoms with Gasteiger partial charge in [-0.2, -0.15) is 0 Å². The van der Waals surface area contributed by atoms with Crippen LogP contribution >= 0.6 is 27.5 Å². The molecule has 112 valence electrons. The molecule has 1 nitrogen and oxygen atoms in total. The van der Waals surface area contributed by atoms with Crippen LogP contribution in [0.15, 0.2) is 40.9 Å². The van der Waals surface area contributed by atoms with E-state index in [9.17, 15) is 4.39 Å². The van der Waals surface area contributed by atoms with Gasteiger partial charge in [-0.15, -0.1) is 0 Å². The minimum absolute atomic E-state index is 0.0470. The molecule has 2 aromatic rings. The van der Waals surface area contributed by atoms with Gasteiger partial charge in [0.05, 0.1) is 6.04 Å². The van der Waals surface area contributed by atoms with Crippen LogP contribution in [0, 0.1) is 12.7 Å². The number of hydrogen-bond acceptors (Lipinski definition) is 1. The molecule has 0 aliphatic heterocycles. The Bertz CT molecular complexity index is 630. The van der Waals surface area contributed by atoms with Crippen molar-refractivity contribution in [2.24, 2.45) is 0 Å². The Hall–Kier alpha value is -0.900. The van der Waals surface area contributed by atoms with E-state index in [0.717, 1.165) is 28.6 Å². The third-order valence-electron chi connectivity index (χ3n) is 3.37. The molecule has 1 N–H and O–H groups in total. The largest absolute Gasteiger partial charge is 0.306 e. The van der Waals surface area contributed by atoms with E-state index in [1.807, 2.05) is 24.3 Å². The fraction of sp³-hybridized carbons (Fsp3) is 0.294. The Morgan fingerprint density at radius 2 is 2.05 bits per heavy atom. The van der Waals surface area contributed by atoms with Crippen LogP contribution in [0.25, 0.3) is 0 Å². The zero-order valence-corrected chi connectivity index (χ0v) is 14.4. The minimum atomic E-state index is -0.271. The van der Waals surface area contributed by atoms with E-state index < -0.39 is 0 Å². The normalized spacial score (nSPS) is 12.4. The van der Waals surface area contributed by atoms with Crippen molar-refractivity contribution in [2.45, 2.75) is 26.3 Å². The van der Waals surface area contributed by atoms with Gasteiger partial charge in [0.1, 0.15) is 5.82 Å². The van der Waals surface area contributed by atoms with Gasteiger partial charge in [-0.1, -0.05) is 46.6 Å². The molecule has 4 heteroatoms. The highest BCUT2D eigenvalue weighted by Gasteiger charge is 2.18. The second-order valence-corrected chi connectivity index (χ2v) is 6.39. The summed E-state index contributed by atoms with van der Waals surface area (Å²) in [6.07, 6.45) is 1.02. The molecule has 0 aliphatic carbocycles. The molecule has 0 saturated carbocycles. The molecule has 0 bridgehead atoms. The molecule has 1 unspecified atom stereocenters. The van der Waals surface area contributed by atoms with Crippen molar-refractivity contribution in [2.75, 3.05) is 6.54 Å². The molecular formula is C17H18BrClFN. The van der Waals surface area contributed by atoms with Crippen LogP contribution in [0.2, 0.25) is 5.02 Å². The van der Waals surface area contributed by atoms with Gasteiger partial charge in [-0.25, -0.2) is 4.39 Å². The molecule has 0 aliphatic rings. The van der Waals surface area contributed by atoms with Gasteiger partial charge in [0.15, 0.2) is 0 Å². The predicted octanol–water partition coefficient (Wildman–Crippen LogP) is 5.64. The lowest BCUT2D eigenvalue weighted by Crippen LogP contribution is -2.23. The third-order valence-corrected chi connectivity index (χ3v) is 4.19. The Morgan fingerprint density at radius 1 is 1.29 bits per heavy atom. The second kappa shape index (κ2) is 7.39. The van der Waals surface area contributed by atoms with E-state index in [4.69, 9.17) is 11.6 Å². The summed E-state index contributed by atoms with van der Waals surface area (Å²) in [4.78, 5) is 0. The second-order valence-electron chi connectivity index (χ2n) is 5.07. The summed E-state index contributed by atoms with van der Waals surface area (Å²) in [5.41, 5.74) is 2.61. The van der Waals surface area contributed by atoms with Crippen molar-refractivity contribution in [3.8, 4) is 0 Å². The van der Waals surface area contributed by atoms with E-state index in [0.29, 0.717) is 10.6 Å². The van der Waals surface area contributed by atoms with Crippen LogP contribution in [-0.4, -0.2) is 6.54 Å². The first-order valence-corrected chi connectivity index (χ1v) is 8.14. The SMILES string of the molecule is CCCNC(c1cccc(Br)c1)c1cc(C)c(F)cc1Cl. The Labute approximate surface area is 138 Å².